The average Bonchev–Trinajstić information content (AvgIpc) is 3.44. The van der Waals surface area contributed by atoms with E-state index < -0.39 is 29.7 Å². The van der Waals surface area contributed by atoms with E-state index in [2.05, 4.69) is 15.0 Å². The summed E-state index contributed by atoms with van der Waals surface area (Å²) in [4.78, 5) is 53.2. The van der Waals surface area contributed by atoms with Crippen molar-refractivity contribution in [1.82, 2.24) is 24.8 Å². The van der Waals surface area contributed by atoms with Crippen molar-refractivity contribution >= 4 is 23.9 Å². The summed E-state index contributed by atoms with van der Waals surface area (Å²) in [5, 5.41) is 7.79. The van der Waals surface area contributed by atoms with Crippen LogP contribution in [0.1, 0.15) is 73.5 Å². The van der Waals surface area contributed by atoms with Gasteiger partial charge in [0.05, 0.1) is 20.3 Å². The Morgan fingerprint density at radius 1 is 0.939 bits per heavy atom. The molecule has 0 aliphatic carbocycles. The molecule has 1 aromatic heterocycles. The quantitative estimate of drug-likeness (QED) is 0.478. The first-order valence-electron chi connectivity index (χ1n) is 11.0. The van der Waals surface area contributed by atoms with Crippen LogP contribution in [0.15, 0.2) is 0 Å². The molecule has 0 radical (unpaired) electrons. The molecular formula is C21H31N5O7. The summed E-state index contributed by atoms with van der Waals surface area (Å²) in [7, 11) is 2.40. The van der Waals surface area contributed by atoms with Crippen LogP contribution in [0, 0.1) is 0 Å². The van der Waals surface area contributed by atoms with Crippen LogP contribution in [0.5, 0.6) is 0 Å². The third-order valence-electron chi connectivity index (χ3n) is 5.74. The maximum Gasteiger partial charge on any atom is 0.410 e. The fourth-order valence-electron chi connectivity index (χ4n) is 4.17. The van der Waals surface area contributed by atoms with Gasteiger partial charge in [-0.15, -0.1) is 5.10 Å². The van der Waals surface area contributed by atoms with Crippen molar-refractivity contribution in [2.45, 2.75) is 64.1 Å². The monoisotopic (exact) mass is 465 g/mol. The Kier molecular flexibility index (Phi) is 7.23. The molecule has 0 saturated carbocycles. The molecule has 1 aromatic rings. The van der Waals surface area contributed by atoms with E-state index in [0.717, 1.165) is 6.42 Å². The molecule has 0 spiro atoms. The number of aromatic nitrogens is 3. The Morgan fingerprint density at radius 2 is 1.58 bits per heavy atom. The second-order valence-corrected chi connectivity index (χ2v) is 9.10. The summed E-state index contributed by atoms with van der Waals surface area (Å²) >= 11 is 0. The van der Waals surface area contributed by atoms with Gasteiger partial charge in [-0.2, -0.15) is 0 Å². The zero-order valence-corrected chi connectivity index (χ0v) is 19.7. The van der Waals surface area contributed by atoms with Crippen LogP contribution in [0.2, 0.25) is 0 Å². The van der Waals surface area contributed by atoms with Gasteiger partial charge in [0.2, 0.25) is 11.6 Å². The van der Waals surface area contributed by atoms with Crippen molar-refractivity contribution < 1.29 is 33.4 Å². The number of esters is 2. The fraction of sp³-hybridized carbons (Fsp3) is 0.714. The Labute approximate surface area is 192 Å². The highest BCUT2D eigenvalue weighted by molar-refractivity contribution is 6.00. The lowest BCUT2D eigenvalue weighted by Gasteiger charge is -2.36. The molecule has 2 aliphatic rings. The predicted octanol–water partition coefficient (Wildman–Crippen LogP) is 1.41. The zero-order valence-electron chi connectivity index (χ0n) is 19.7. The van der Waals surface area contributed by atoms with Gasteiger partial charge < -0.3 is 19.1 Å². The molecule has 2 fully saturated rings. The Balaban J connectivity index is 1.68. The highest BCUT2D eigenvalue weighted by Gasteiger charge is 2.40. The maximum absolute atomic E-state index is 13.2. The third-order valence-corrected chi connectivity index (χ3v) is 5.74. The molecule has 0 unspecified atom stereocenters. The molecule has 2 amide bonds. The average molecular weight is 466 g/mol. The van der Waals surface area contributed by atoms with Crippen LogP contribution < -0.4 is 0 Å². The number of rotatable bonds is 4. The van der Waals surface area contributed by atoms with Gasteiger partial charge in [0.25, 0.3) is 0 Å². The summed E-state index contributed by atoms with van der Waals surface area (Å²) < 4.78 is 16.3. The number of nitrogens with zero attached hydrogens (tertiary/aromatic N) is 5. The number of carbonyl (C=O) groups is 4. The molecule has 0 bridgehead atoms. The van der Waals surface area contributed by atoms with E-state index in [9.17, 15) is 19.2 Å². The van der Waals surface area contributed by atoms with Gasteiger partial charge in [-0.3, -0.25) is 9.69 Å². The summed E-state index contributed by atoms with van der Waals surface area (Å²) in [6.07, 6.45) is 1.85. The highest BCUT2D eigenvalue weighted by atomic mass is 16.6. The van der Waals surface area contributed by atoms with E-state index in [4.69, 9.17) is 9.47 Å². The van der Waals surface area contributed by atoms with Gasteiger partial charge in [0.15, 0.2) is 5.69 Å². The van der Waals surface area contributed by atoms with Gasteiger partial charge in [0.1, 0.15) is 11.6 Å². The minimum atomic E-state index is -0.780. The number of amides is 2. The summed E-state index contributed by atoms with van der Waals surface area (Å²) in [6.45, 7) is 6.69. The summed E-state index contributed by atoms with van der Waals surface area (Å²) in [6, 6.07) is -0.793. The first-order valence-corrected chi connectivity index (χ1v) is 11.0. The standard InChI is InChI=1S/C21H31N5O7/c1-21(2,3)33-20(30)25-10-6-7-14(25)17(27)24-11-8-13(9-12-24)26-16(19(29)32-5)15(22-23-26)18(28)31-4/h13-14H,6-12H2,1-5H3/t14-/m1/s1. The number of piperidine rings is 1. The molecule has 33 heavy (non-hydrogen) atoms. The lowest BCUT2D eigenvalue weighted by molar-refractivity contribution is -0.137. The van der Waals surface area contributed by atoms with Gasteiger partial charge >= 0.3 is 18.0 Å². The van der Waals surface area contributed by atoms with E-state index >= 15 is 0 Å². The minimum absolute atomic E-state index is 0.0685. The molecular weight excluding hydrogens is 434 g/mol. The van der Waals surface area contributed by atoms with Gasteiger partial charge in [-0.1, -0.05) is 5.21 Å². The largest absolute Gasteiger partial charge is 0.464 e. The van der Waals surface area contributed by atoms with Crippen LogP contribution >= 0.6 is 0 Å². The number of likely N-dealkylation sites (tertiary alicyclic amines) is 2. The summed E-state index contributed by atoms with van der Waals surface area (Å²) in [5.41, 5.74) is -0.910. The predicted molar refractivity (Wildman–Crippen MR) is 114 cm³/mol. The van der Waals surface area contributed by atoms with Gasteiger partial charge in [0, 0.05) is 19.6 Å². The van der Waals surface area contributed by atoms with Crippen LogP contribution in [0.3, 0.4) is 0 Å². The number of carbonyl (C=O) groups excluding carboxylic acids is 4. The zero-order chi connectivity index (χ0) is 24.3. The molecule has 182 valence electrons. The molecule has 2 saturated heterocycles. The third kappa shape index (κ3) is 5.25. The van der Waals surface area contributed by atoms with Crippen molar-refractivity contribution in [3.05, 3.63) is 11.4 Å². The van der Waals surface area contributed by atoms with Crippen molar-refractivity contribution in [2.75, 3.05) is 33.9 Å². The summed E-state index contributed by atoms with van der Waals surface area (Å²) in [5.74, 6) is -1.63. The molecule has 12 heteroatoms. The highest BCUT2D eigenvalue weighted by Crippen LogP contribution is 2.28. The molecule has 0 aromatic carbocycles. The number of hydrogen-bond donors (Lipinski definition) is 0. The topological polar surface area (TPSA) is 133 Å². The first-order chi connectivity index (χ1) is 15.6. The molecule has 0 N–H and O–H groups in total. The van der Waals surface area contributed by atoms with Crippen LogP contribution in [-0.4, -0.2) is 94.2 Å². The SMILES string of the molecule is COC(=O)c1nnn(C2CCN(C(=O)[C@H]3CCCN3C(=O)OC(C)(C)C)CC2)c1C(=O)OC. The second kappa shape index (κ2) is 9.75. The lowest BCUT2D eigenvalue weighted by atomic mass is 10.0. The van der Waals surface area contributed by atoms with E-state index in [-0.39, 0.29) is 23.3 Å². The second-order valence-electron chi connectivity index (χ2n) is 9.10. The van der Waals surface area contributed by atoms with E-state index in [1.165, 1.54) is 23.8 Å². The van der Waals surface area contributed by atoms with E-state index in [1.807, 2.05) is 0 Å². The minimum Gasteiger partial charge on any atom is -0.464 e. The van der Waals surface area contributed by atoms with Gasteiger partial charge in [-0.05, 0) is 46.5 Å². The fourth-order valence-corrected chi connectivity index (χ4v) is 4.17. The molecule has 3 heterocycles. The van der Waals surface area contributed by atoms with Crippen molar-refractivity contribution in [2.24, 2.45) is 0 Å². The Bertz CT molecular complexity index is 915. The van der Waals surface area contributed by atoms with Gasteiger partial charge in [-0.25, -0.2) is 19.1 Å². The number of hydrogen-bond acceptors (Lipinski definition) is 9. The maximum atomic E-state index is 13.2. The van der Waals surface area contributed by atoms with E-state index in [0.29, 0.717) is 38.9 Å². The van der Waals surface area contributed by atoms with Crippen LogP contribution in [-0.2, 0) is 19.0 Å². The lowest BCUT2D eigenvalue weighted by Crippen LogP contribution is -2.51. The van der Waals surface area contributed by atoms with Crippen LogP contribution in [0.25, 0.3) is 0 Å². The Morgan fingerprint density at radius 3 is 2.15 bits per heavy atom. The molecule has 1 atom stereocenters. The van der Waals surface area contributed by atoms with Crippen molar-refractivity contribution in [3.8, 4) is 0 Å². The molecule has 3 rings (SSSR count). The number of ether oxygens (including phenoxy) is 3. The molecule has 2 aliphatic heterocycles. The van der Waals surface area contributed by atoms with Crippen LogP contribution in [0.4, 0.5) is 4.79 Å². The number of methoxy groups -OCH3 is 2. The van der Waals surface area contributed by atoms with Crippen molar-refractivity contribution in [1.29, 1.82) is 0 Å². The normalized spacial score (nSPS) is 19.4. The molecule has 12 nitrogen and oxygen atoms in total. The smallest absolute Gasteiger partial charge is 0.410 e. The first kappa shape index (κ1) is 24.5. The van der Waals surface area contributed by atoms with Crippen molar-refractivity contribution in [3.63, 3.8) is 0 Å². The van der Waals surface area contributed by atoms with E-state index in [1.54, 1.807) is 25.7 Å². The Hall–Kier alpha value is -3.18.